The Morgan fingerprint density at radius 1 is 0.952 bits per heavy atom. The van der Waals surface area contributed by atoms with Crippen LogP contribution in [0.3, 0.4) is 0 Å². The molecule has 2 aromatic rings. The van der Waals surface area contributed by atoms with E-state index in [-0.39, 0.29) is 16.7 Å². The molecule has 2 aromatic carbocycles. The van der Waals surface area contributed by atoms with Crippen molar-refractivity contribution < 1.29 is 19.5 Å². The van der Waals surface area contributed by atoms with Crippen molar-refractivity contribution in [3.05, 3.63) is 65.2 Å². The van der Waals surface area contributed by atoms with Gasteiger partial charge in [-0.2, -0.15) is 0 Å². The van der Waals surface area contributed by atoms with Crippen molar-refractivity contribution in [1.29, 1.82) is 0 Å². The Labute approximate surface area is 120 Å². The lowest BCUT2D eigenvalue weighted by molar-refractivity contribution is 0.0696. The highest BCUT2D eigenvalue weighted by Gasteiger charge is 2.15. The van der Waals surface area contributed by atoms with Gasteiger partial charge >= 0.3 is 5.97 Å². The first kappa shape index (κ1) is 14.3. The second-order valence-electron chi connectivity index (χ2n) is 4.25. The molecule has 106 valence electrons. The predicted octanol–water partition coefficient (Wildman–Crippen LogP) is 1.74. The molecule has 2 rings (SSSR count). The topological polar surface area (TPSA) is 109 Å². The van der Waals surface area contributed by atoms with Crippen LogP contribution in [0, 0.1) is 0 Å². The average Bonchev–Trinajstić information content (AvgIpc) is 2.47. The van der Waals surface area contributed by atoms with Crippen molar-refractivity contribution in [2.75, 3.05) is 5.32 Å². The van der Waals surface area contributed by atoms with Crippen LogP contribution in [0.25, 0.3) is 0 Å². The van der Waals surface area contributed by atoms with E-state index in [1.807, 2.05) is 0 Å². The van der Waals surface area contributed by atoms with Gasteiger partial charge in [0.1, 0.15) is 0 Å². The van der Waals surface area contributed by atoms with Crippen LogP contribution in [-0.4, -0.2) is 22.9 Å². The fraction of sp³-hybridized carbons (Fsp3) is 0. The molecule has 0 aromatic heterocycles. The quantitative estimate of drug-likeness (QED) is 0.794. The molecule has 0 saturated heterocycles. The zero-order valence-electron chi connectivity index (χ0n) is 10.9. The zero-order valence-corrected chi connectivity index (χ0v) is 10.9. The molecule has 0 aliphatic carbocycles. The normalized spacial score (nSPS) is 9.90. The van der Waals surface area contributed by atoms with Crippen LogP contribution in [0.1, 0.15) is 31.1 Å². The number of aromatic carboxylic acids is 1. The Morgan fingerprint density at radius 3 is 2.24 bits per heavy atom. The fourth-order valence-corrected chi connectivity index (χ4v) is 1.82. The van der Waals surface area contributed by atoms with Gasteiger partial charge in [0, 0.05) is 5.69 Å². The number of amides is 2. The number of anilines is 1. The van der Waals surface area contributed by atoms with Crippen LogP contribution < -0.4 is 11.1 Å². The average molecular weight is 284 g/mol. The van der Waals surface area contributed by atoms with Crippen molar-refractivity contribution in [1.82, 2.24) is 0 Å². The number of hydrogen-bond donors (Lipinski definition) is 3. The summed E-state index contributed by atoms with van der Waals surface area (Å²) in [5, 5.41) is 11.4. The summed E-state index contributed by atoms with van der Waals surface area (Å²) < 4.78 is 0. The third kappa shape index (κ3) is 3.24. The number of carbonyl (C=O) groups excluding carboxylic acids is 2. The van der Waals surface area contributed by atoms with Crippen LogP contribution in [0.5, 0.6) is 0 Å². The summed E-state index contributed by atoms with van der Waals surface area (Å²) in [4.78, 5) is 34.3. The summed E-state index contributed by atoms with van der Waals surface area (Å²) in [6.07, 6.45) is 0. The lowest BCUT2D eigenvalue weighted by Crippen LogP contribution is -2.20. The van der Waals surface area contributed by atoms with Gasteiger partial charge in [-0.3, -0.25) is 9.59 Å². The minimum absolute atomic E-state index is 0.0518. The summed E-state index contributed by atoms with van der Waals surface area (Å²) in [6, 6.07) is 11.9. The summed E-state index contributed by atoms with van der Waals surface area (Å²) in [5.41, 5.74) is 5.82. The van der Waals surface area contributed by atoms with Crippen molar-refractivity contribution in [2.45, 2.75) is 0 Å². The number of carboxylic acid groups (broad SMARTS) is 1. The van der Waals surface area contributed by atoms with E-state index in [1.165, 1.54) is 30.3 Å². The maximum Gasteiger partial charge on any atom is 0.335 e. The van der Waals surface area contributed by atoms with Crippen LogP contribution in [-0.2, 0) is 0 Å². The van der Waals surface area contributed by atoms with Crippen LogP contribution in [0.15, 0.2) is 48.5 Å². The summed E-state index contributed by atoms with van der Waals surface area (Å²) >= 11 is 0. The summed E-state index contributed by atoms with van der Waals surface area (Å²) in [7, 11) is 0. The number of carboxylic acids is 1. The molecule has 0 radical (unpaired) electrons. The Hall–Kier alpha value is -3.15. The molecule has 0 unspecified atom stereocenters. The molecule has 0 saturated carbocycles. The highest BCUT2D eigenvalue weighted by Crippen LogP contribution is 2.14. The lowest BCUT2D eigenvalue weighted by atomic mass is 10.1. The van der Waals surface area contributed by atoms with E-state index in [0.29, 0.717) is 5.69 Å². The summed E-state index contributed by atoms with van der Waals surface area (Å²) in [5.74, 6) is -2.34. The molecule has 0 aliphatic heterocycles. The Kier molecular flexibility index (Phi) is 3.99. The van der Waals surface area contributed by atoms with Crippen LogP contribution in [0.4, 0.5) is 5.69 Å². The smallest absolute Gasteiger partial charge is 0.335 e. The maximum absolute atomic E-state index is 12.2. The number of primary amides is 1. The number of hydrogen-bond acceptors (Lipinski definition) is 3. The zero-order chi connectivity index (χ0) is 15.4. The molecular formula is C15H12N2O4. The van der Waals surface area contributed by atoms with Gasteiger partial charge in [-0.05, 0) is 30.3 Å². The van der Waals surface area contributed by atoms with E-state index in [2.05, 4.69) is 5.32 Å². The standard InChI is InChI=1S/C15H12N2O4/c16-13(18)11-6-1-2-7-12(11)14(19)17-10-5-3-4-9(8-10)15(20)21/h1-8H,(H2,16,18)(H,17,19)(H,20,21). The molecular weight excluding hydrogens is 272 g/mol. The molecule has 0 aliphatic rings. The molecule has 6 heteroatoms. The third-order valence-corrected chi connectivity index (χ3v) is 2.80. The minimum Gasteiger partial charge on any atom is -0.478 e. The van der Waals surface area contributed by atoms with Crippen molar-refractivity contribution in [2.24, 2.45) is 5.73 Å². The number of nitrogens with one attached hydrogen (secondary N) is 1. The van der Waals surface area contributed by atoms with Gasteiger partial charge in [0.25, 0.3) is 5.91 Å². The maximum atomic E-state index is 12.2. The first-order valence-corrected chi connectivity index (χ1v) is 6.02. The van der Waals surface area contributed by atoms with Gasteiger partial charge in [0.15, 0.2) is 0 Å². The van der Waals surface area contributed by atoms with Crippen LogP contribution >= 0.6 is 0 Å². The lowest BCUT2D eigenvalue weighted by Gasteiger charge is -2.08. The molecule has 0 bridgehead atoms. The van der Waals surface area contributed by atoms with Gasteiger partial charge in [0.2, 0.25) is 5.91 Å². The number of rotatable bonds is 4. The number of benzene rings is 2. The van der Waals surface area contributed by atoms with E-state index in [4.69, 9.17) is 10.8 Å². The highest BCUT2D eigenvalue weighted by atomic mass is 16.4. The molecule has 21 heavy (non-hydrogen) atoms. The highest BCUT2D eigenvalue weighted by molar-refractivity contribution is 6.12. The van der Waals surface area contributed by atoms with Gasteiger partial charge < -0.3 is 16.2 Å². The molecule has 0 fully saturated rings. The molecule has 2 amide bonds. The first-order valence-electron chi connectivity index (χ1n) is 6.02. The Balaban J connectivity index is 2.28. The fourth-order valence-electron chi connectivity index (χ4n) is 1.82. The largest absolute Gasteiger partial charge is 0.478 e. The van der Waals surface area contributed by atoms with E-state index in [0.717, 1.165) is 0 Å². The molecule has 0 heterocycles. The van der Waals surface area contributed by atoms with Gasteiger partial charge in [-0.15, -0.1) is 0 Å². The SMILES string of the molecule is NC(=O)c1ccccc1C(=O)Nc1cccc(C(=O)O)c1. The van der Waals surface area contributed by atoms with Gasteiger partial charge in [-0.25, -0.2) is 4.79 Å². The van der Waals surface area contributed by atoms with Crippen molar-refractivity contribution in [3.8, 4) is 0 Å². The van der Waals surface area contributed by atoms with Crippen LogP contribution in [0.2, 0.25) is 0 Å². The predicted molar refractivity (Wildman–Crippen MR) is 76.3 cm³/mol. The Bertz CT molecular complexity index is 725. The number of nitrogens with two attached hydrogens (primary N) is 1. The van der Waals surface area contributed by atoms with Crippen molar-refractivity contribution in [3.63, 3.8) is 0 Å². The second-order valence-corrected chi connectivity index (χ2v) is 4.25. The van der Waals surface area contributed by atoms with Crippen molar-refractivity contribution >= 4 is 23.5 Å². The van der Waals surface area contributed by atoms with Gasteiger partial charge in [-0.1, -0.05) is 18.2 Å². The monoisotopic (exact) mass is 284 g/mol. The summed E-state index contributed by atoms with van der Waals surface area (Å²) in [6.45, 7) is 0. The second kappa shape index (κ2) is 5.87. The van der Waals surface area contributed by atoms with E-state index in [1.54, 1.807) is 18.2 Å². The molecule has 4 N–H and O–H groups in total. The van der Waals surface area contributed by atoms with E-state index in [9.17, 15) is 14.4 Å². The molecule has 0 spiro atoms. The van der Waals surface area contributed by atoms with E-state index >= 15 is 0 Å². The molecule has 6 nitrogen and oxygen atoms in total. The minimum atomic E-state index is -1.09. The number of carbonyl (C=O) groups is 3. The third-order valence-electron chi connectivity index (χ3n) is 2.80. The first-order chi connectivity index (χ1) is 9.99. The van der Waals surface area contributed by atoms with Gasteiger partial charge in [0.05, 0.1) is 16.7 Å². The molecule has 0 atom stereocenters. The van der Waals surface area contributed by atoms with E-state index < -0.39 is 17.8 Å². The Morgan fingerprint density at radius 2 is 1.62 bits per heavy atom.